The normalized spacial score (nSPS) is 10.6. The zero-order valence-electron chi connectivity index (χ0n) is 10.5. The molecule has 0 saturated carbocycles. The Hall–Kier alpha value is -2.88. The SMILES string of the molecule is NC(=O)c1c(-c2ccccc2)oc2ccccc2c1=O. The molecule has 0 radical (unpaired) electrons. The Morgan fingerprint density at radius 2 is 1.60 bits per heavy atom. The Morgan fingerprint density at radius 3 is 2.30 bits per heavy atom. The zero-order valence-corrected chi connectivity index (χ0v) is 10.5. The first-order chi connectivity index (χ1) is 9.68. The molecule has 0 aliphatic rings. The highest BCUT2D eigenvalue weighted by Crippen LogP contribution is 2.25. The van der Waals surface area contributed by atoms with Crippen LogP contribution in [0.25, 0.3) is 22.3 Å². The molecule has 0 spiro atoms. The van der Waals surface area contributed by atoms with E-state index < -0.39 is 11.3 Å². The molecule has 1 amide bonds. The molecular weight excluding hydrogens is 254 g/mol. The fourth-order valence-electron chi connectivity index (χ4n) is 2.16. The second-order valence-electron chi connectivity index (χ2n) is 4.36. The summed E-state index contributed by atoms with van der Waals surface area (Å²) in [5.41, 5.74) is 5.90. The maximum Gasteiger partial charge on any atom is 0.256 e. The zero-order chi connectivity index (χ0) is 14.1. The van der Waals surface area contributed by atoms with Gasteiger partial charge in [0, 0.05) is 5.56 Å². The fraction of sp³-hybridized carbons (Fsp3) is 0. The van der Waals surface area contributed by atoms with Crippen molar-refractivity contribution in [1.82, 2.24) is 0 Å². The summed E-state index contributed by atoms with van der Waals surface area (Å²) in [5.74, 6) is -0.579. The molecule has 2 N–H and O–H groups in total. The Kier molecular flexibility index (Phi) is 2.84. The van der Waals surface area contributed by atoms with Crippen molar-refractivity contribution in [1.29, 1.82) is 0 Å². The van der Waals surface area contributed by atoms with Crippen LogP contribution in [-0.2, 0) is 0 Å². The highest BCUT2D eigenvalue weighted by atomic mass is 16.3. The first-order valence-electron chi connectivity index (χ1n) is 6.09. The monoisotopic (exact) mass is 265 g/mol. The van der Waals surface area contributed by atoms with E-state index in [0.717, 1.165) is 0 Å². The van der Waals surface area contributed by atoms with Gasteiger partial charge in [0.05, 0.1) is 5.39 Å². The summed E-state index contributed by atoms with van der Waals surface area (Å²) in [7, 11) is 0. The van der Waals surface area contributed by atoms with Crippen LogP contribution in [0.4, 0.5) is 0 Å². The molecular formula is C16H11NO3. The molecule has 4 heteroatoms. The van der Waals surface area contributed by atoms with E-state index in [1.54, 1.807) is 48.5 Å². The summed E-state index contributed by atoms with van der Waals surface area (Å²) in [6.07, 6.45) is 0. The van der Waals surface area contributed by atoms with E-state index in [4.69, 9.17) is 10.2 Å². The standard InChI is InChI=1S/C16H11NO3/c17-16(19)13-14(18)11-8-4-5-9-12(11)20-15(13)10-6-2-1-3-7-10/h1-9H,(H2,17,19). The van der Waals surface area contributed by atoms with Gasteiger partial charge in [0.25, 0.3) is 5.91 Å². The maximum atomic E-state index is 12.4. The maximum absolute atomic E-state index is 12.4. The quantitative estimate of drug-likeness (QED) is 0.773. The van der Waals surface area contributed by atoms with Gasteiger partial charge in [-0.15, -0.1) is 0 Å². The molecule has 3 rings (SSSR count). The van der Waals surface area contributed by atoms with Crippen molar-refractivity contribution in [2.45, 2.75) is 0 Å². The minimum atomic E-state index is -0.789. The molecule has 0 bridgehead atoms. The summed E-state index contributed by atoms with van der Waals surface area (Å²) in [4.78, 5) is 24.0. The summed E-state index contributed by atoms with van der Waals surface area (Å²) in [6.45, 7) is 0. The number of para-hydroxylation sites is 1. The molecule has 0 aliphatic heterocycles. The van der Waals surface area contributed by atoms with Gasteiger partial charge in [-0.25, -0.2) is 0 Å². The molecule has 1 aromatic heterocycles. The minimum Gasteiger partial charge on any atom is -0.455 e. The average molecular weight is 265 g/mol. The number of hydrogen-bond donors (Lipinski definition) is 1. The van der Waals surface area contributed by atoms with Gasteiger partial charge in [0.2, 0.25) is 5.43 Å². The second-order valence-corrected chi connectivity index (χ2v) is 4.36. The first-order valence-corrected chi connectivity index (χ1v) is 6.09. The number of amides is 1. The van der Waals surface area contributed by atoms with Crippen LogP contribution in [0.2, 0.25) is 0 Å². The van der Waals surface area contributed by atoms with Gasteiger partial charge in [-0.2, -0.15) is 0 Å². The largest absolute Gasteiger partial charge is 0.455 e. The van der Waals surface area contributed by atoms with Crippen molar-refractivity contribution in [3.05, 3.63) is 70.4 Å². The van der Waals surface area contributed by atoms with Gasteiger partial charge in [0.1, 0.15) is 11.1 Å². The van der Waals surface area contributed by atoms with Crippen molar-refractivity contribution in [3.8, 4) is 11.3 Å². The lowest BCUT2D eigenvalue weighted by atomic mass is 10.0. The van der Waals surface area contributed by atoms with Gasteiger partial charge >= 0.3 is 0 Å². The molecule has 0 fully saturated rings. The van der Waals surface area contributed by atoms with Gasteiger partial charge < -0.3 is 10.2 Å². The van der Waals surface area contributed by atoms with Gasteiger partial charge in [-0.3, -0.25) is 9.59 Å². The lowest BCUT2D eigenvalue weighted by Gasteiger charge is -2.07. The Labute approximate surface area is 114 Å². The van der Waals surface area contributed by atoms with Crippen LogP contribution >= 0.6 is 0 Å². The Balaban J connectivity index is 2.45. The smallest absolute Gasteiger partial charge is 0.256 e. The van der Waals surface area contributed by atoms with Crippen LogP contribution in [0.5, 0.6) is 0 Å². The predicted octanol–water partition coefficient (Wildman–Crippen LogP) is 2.56. The third kappa shape index (κ3) is 1.87. The number of fused-ring (bicyclic) bond motifs is 1. The number of rotatable bonds is 2. The molecule has 3 aromatic rings. The first kappa shape index (κ1) is 12.2. The van der Waals surface area contributed by atoms with E-state index in [0.29, 0.717) is 16.5 Å². The third-order valence-electron chi connectivity index (χ3n) is 3.08. The molecule has 0 unspecified atom stereocenters. The Bertz CT molecular complexity index is 850. The minimum absolute atomic E-state index is 0.116. The van der Waals surface area contributed by atoms with Gasteiger partial charge in [-0.05, 0) is 12.1 Å². The molecule has 1 heterocycles. The van der Waals surface area contributed by atoms with Gasteiger partial charge in [0.15, 0.2) is 5.76 Å². The molecule has 2 aromatic carbocycles. The molecule has 0 aliphatic carbocycles. The third-order valence-corrected chi connectivity index (χ3v) is 3.08. The number of carbonyl (C=O) groups excluding carboxylic acids is 1. The molecule has 20 heavy (non-hydrogen) atoms. The van der Waals surface area contributed by atoms with E-state index in [9.17, 15) is 9.59 Å². The number of hydrogen-bond acceptors (Lipinski definition) is 3. The number of benzene rings is 2. The van der Waals surface area contributed by atoms with Crippen LogP contribution in [0, 0.1) is 0 Å². The Morgan fingerprint density at radius 1 is 0.950 bits per heavy atom. The average Bonchev–Trinajstić information content (AvgIpc) is 2.47. The van der Waals surface area contributed by atoms with Crippen molar-refractivity contribution in [2.75, 3.05) is 0 Å². The lowest BCUT2D eigenvalue weighted by molar-refractivity contribution is 0.0998. The summed E-state index contributed by atoms with van der Waals surface area (Å²) >= 11 is 0. The van der Waals surface area contributed by atoms with Crippen LogP contribution in [-0.4, -0.2) is 5.91 Å². The van der Waals surface area contributed by atoms with Crippen LogP contribution < -0.4 is 11.2 Å². The molecule has 98 valence electrons. The summed E-state index contributed by atoms with van der Waals surface area (Å²) < 4.78 is 5.72. The van der Waals surface area contributed by atoms with Crippen LogP contribution in [0.3, 0.4) is 0 Å². The predicted molar refractivity (Wildman–Crippen MR) is 76.4 cm³/mol. The highest BCUT2D eigenvalue weighted by Gasteiger charge is 2.19. The lowest BCUT2D eigenvalue weighted by Crippen LogP contribution is -2.23. The van der Waals surface area contributed by atoms with Crippen molar-refractivity contribution in [2.24, 2.45) is 5.73 Å². The topological polar surface area (TPSA) is 73.3 Å². The van der Waals surface area contributed by atoms with E-state index in [2.05, 4.69) is 0 Å². The van der Waals surface area contributed by atoms with E-state index in [1.165, 1.54) is 0 Å². The van der Waals surface area contributed by atoms with Crippen molar-refractivity contribution >= 4 is 16.9 Å². The second kappa shape index (κ2) is 4.66. The van der Waals surface area contributed by atoms with Crippen molar-refractivity contribution < 1.29 is 9.21 Å². The summed E-state index contributed by atoms with van der Waals surface area (Å²) in [6, 6.07) is 15.8. The van der Waals surface area contributed by atoms with E-state index in [1.807, 2.05) is 6.07 Å². The summed E-state index contributed by atoms with van der Waals surface area (Å²) in [5, 5.41) is 0.348. The molecule has 0 atom stereocenters. The van der Waals surface area contributed by atoms with Gasteiger partial charge in [-0.1, -0.05) is 42.5 Å². The van der Waals surface area contributed by atoms with E-state index in [-0.39, 0.29) is 11.3 Å². The van der Waals surface area contributed by atoms with Crippen molar-refractivity contribution in [3.63, 3.8) is 0 Å². The number of nitrogens with two attached hydrogens (primary N) is 1. The molecule has 0 saturated heterocycles. The number of carbonyl (C=O) groups is 1. The van der Waals surface area contributed by atoms with Crippen LogP contribution in [0.15, 0.2) is 63.8 Å². The van der Waals surface area contributed by atoms with Crippen LogP contribution in [0.1, 0.15) is 10.4 Å². The van der Waals surface area contributed by atoms with E-state index >= 15 is 0 Å². The highest BCUT2D eigenvalue weighted by molar-refractivity contribution is 6.01. The number of primary amides is 1. The fourth-order valence-corrected chi connectivity index (χ4v) is 2.16. The molecule has 4 nitrogen and oxygen atoms in total.